The van der Waals surface area contributed by atoms with Crippen molar-refractivity contribution >= 4 is 24.8 Å². The van der Waals surface area contributed by atoms with Crippen LogP contribution in [0.1, 0.15) is 30.7 Å². The van der Waals surface area contributed by atoms with Crippen LogP contribution in [-0.2, 0) is 0 Å². The maximum Gasteiger partial charge on any atom is 0.573 e. The van der Waals surface area contributed by atoms with Crippen molar-refractivity contribution in [1.29, 1.82) is 0 Å². The molecule has 3 rings (SSSR count). The molecule has 1 heterocycles. The molecule has 0 aromatic heterocycles. The molecule has 1 aliphatic heterocycles. The van der Waals surface area contributed by atoms with Gasteiger partial charge in [-0.2, -0.15) is 0 Å². The first-order valence-electron chi connectivity index (χ1n) is 8.37. The fourth-order valence-corrected chi connectivity index (χ4v) is 3.55. The molecule has 0 radical (unpaired) electrons. The second-order valence-electron chi connectivity index (χ2n) is 6.68. The molecule has 150 valence electrons. The van der Waals surface area contributed by atoms with Gasteiger partial charge >= 0.3 is 6.36 Å². The Labute approximate surface area is 163 Å². The Morgan fingerprint density at radius 2 is 1.85 bits per heavy atom. The summed E-state index contributed by atoms with van der Waals surface area (Å²) in [6.45, 7) is 4.19. The Bertz CT molecular complexity index is 565. The summed E-state index contributed by atoms with van der Waals surface area (Å²) < 4.78 is 41.5. The van der Waals surface area contributed by atoms with Gasteiger partial charge in [0.1, 0.15) is 5.75 Å². The average molecular weight is 417 g/mol. The SMILES string of the molecule is Cl.Cl.OC1(C(CN2CCNCC2)c2cccc(OC(F)(F)F)c2)CCC1. The van der Waals surface area contributed by atoms with E-state index in [4.69, 9.17) is 0 Å². The van der Waals surface area contributed by atoms with Crippen LogP contribution in [0.5, 0.6) is 5.75 Å². The van der Waals surface area contributed by atoms with Crippen LogP contribution in [0.2, 0.25) is 0 Å². The molecule has 1 unspecified atom stereocenters. The zero-order chi connectivity index (χ0) is 17.2. The second-order valence-corrected chi connectivity index (χ2v) is 6.68. The highest BCUT2D eigenvalue weighted by molar-refractivity contribution is 5.85. The van der Waals surface area contributed by atoms with Gasteiger partial charge in [0.05, 0.1) is 5.60 Å². The first kappa shape index (κ1) is 23.3. The van der Waals surface area contributed by atoms with Gasteiger partial charge in [0.2, 0.25) is 0 Å². The van der Waals surface area contributed by atoms with Crippen LogP contribution in [0, 0.1) is 0 Å². The molecule has 2 fully saturated rings. The molecule has 2 N–H and O–H groups in total. The molecule has 0 amide bonds. The Hall–Kier alpha value is -0.730. The van der Waals surface area contributed by atoms with E-state index in [1.165, 1.54) is 12.1 Å². The highest BCUT2D eigenvalue weighted by Gasteiger charge is 2.44. The van der Waals surface area contributed by atoms with E-state index >= 15 is 0 Å². The average Bonchev–Trinajstić information content (AvgIpc) is 2.50. The van der Waals surface area contributed by atoms with Crippen molar-refractivity contribution in [2.75, 3.05) is 32.7 Å². The summed E-state index contributed by atoms with van der Waals surface area (Å²) in [4.78, 5) is 2.26. The molecule has 4 nitrogen and oxygen atoms in total. The van der Waals surface area contributed by atoms with Crippen LogP contribution in [-0.4, -0.2) is 54.7 Å². The van der Waals surface area contributed by atoms with Crippen molar-refractivity contribution in [3.63, 3.8) is 0 Å². The molecular weight excluding hydrogens is 392 g/mol. The summed E-state index contributed by atoms with van der Waals surface area (Å²) in [6.07, 6.45) is -2.38. The molecule has 9 heteroatoms. The van der Waals surface area contributed by atoms with Crippen molar-refractivity contribution in [3.8, 4) is 5.75 Å². The quantitative estimate of drug-likeness (QED) is 0.772. The minimum absolute atomic E-state index is 0. The van der Waals surface area contributed by atoms with Gasteiger partial charge in [0, 0.05) is 38.6 Å². The Morgan fingerprint density at radius 3 is 2.38 bits per heavy atom. The lowest BCUT2D eigenvalue weighted by atomic mass is 9.68. The summed E-state index contributed by atoms with van der Waals surface area (Å²) in [6, 6.07) is 6.05. The topological polar surface area (TPSA) is 44.7 Å². The zero-order valence-corrected chi connectivity index (χ0v) is 15.9. The van der Waals surface area contributed by atoms with Gasteiger partial charge in [-0.1, -0.05) is 12.1 Å². The van der Waals surface area contributed by atoms with E-state index in [2.05, 4.69) is 15.0 Å². The van der Waals surface area contributed by atoms with E-state index in [0.29, 0.717) is 24.9 Å². The molecule has 1 saturated carbocycles. The lowest BCUT2D eigenvalue weighted by molar-refractivity contribution is -0.274. The predicted octanol–water partition coefficient (Wildman–Crippen LogP) is 3.33. The van der Waals surface area contributed by atoms with Gasteiger partial charge in [-0.15, -0.1) is 38.0 Å². The third-order valence-electron chi connectivity index (χ3n) is 5.01. The van der Waals surface area contributed by atoms with Gasteiger partial charge in [0.15, 0.2) is 0 Å². The molecular formula is C17H25Cl2F3N2O2. The van der Waals surface area contributed by atoms with E-state index in [-0.39, 0.29) is 36.5 Å². The Balaban J connectivity index is 0.00000169. The van der Waals surface area contributed by atoms with Crippen LogP contribution in [0.25, 0.3) is 0 Å². The number of hydrogen-bond donors (Lipinski definition) is 2. The highest BCUT2D eigenvalue weighted by Crippen LogP contribution is 2.44. The lowest BCUT2D eigenvalue weighted by Gasteiger charge is -2.46. The molecule has 2 aliphatic rings. The molecule has 26 heavy (non-hydrogen) atoms. The molecule has 1 atom stereocenters. The summed E-state index contributed by atoms with van der Waals surface area (Å²) >= 11 is 0. The molecule has 1 aromatic carbocycles. The standard InChI is InChI=1S/C17H23F3N2O2.2ClH/c18-17(19,20)24-14-4-1-3-13(11-14)15(16(23)5-2-6-16)12-22-9-7-21-8-10-22;;/h1,3-4,11,15,21,23H,2,5-10,12H2;2*1H. The second kappa shape index (κ2) is 9.46. The van der Waals surface area contributed by atoms with Crippen molar-refractivity contribution in [2.45, 2.75) is 37.1 Å². The van der Waals surface area contributed by atoms with Gasteiger partial charge in [-0.3, -0.25) is 0 Å². The summed E-state index contributed by atoms with van der Waals surface area (Å²) in [5.74, 6) is -0.436. The van der Waals surface area contributed by atoms with Gasteiger partial charge in [-0.05, 0) is 37.0 Å². The van der Waals surface area contributed by atoms with Gasteiger partial charge in [0.25, 0.3) is 0 Å². The number of nitrogens with zero attached hydrogens (tertiary/aromatic N) is 1. The maximum absolute atomic E-state index is 12.5. The number of halogens is 5. The van der Waals surface area contributed by atoms with E-state index in [1.807, 2.05) is 0 Å². The third-order valence-corrected chi connectivity index (χ3v) is 5.01. The minimum Gasteiger partial charge on any atom is -0.406 e. The number of hydrogen-bond acceptors (Lipinski definition) is 4. The van der Waals surface area contributed by atoms with Crippen molar-refractivity contribution in [2.24, 2.45) is 0 Å². The van der Waals surface area contributed by atoms with Crippen LogP contribution in [0.4, 0.5) is 13.2 Å². The fourth-order valence-electron chi connectivity index (χ4n) is 3.55. The maximum atomic E-state index is 12.5. The summed E-state index contributed by atoms with van der Waals surface area (Å²) in [5, 5.41) is 14.2. The number of benzene rings is 1. The number of ether oxygens (including phenoxy) is 1. The number of rotatable bonds is 5. The van der Waals surface area contributed by atoms with Crippen molar-refractivity contribution < 1.29 is 23.0 Å². The molecule has 1 aliphatic carbocycles. The predicted molar refractivity (Wildman–Crippen MR) is 98.5 cm³/mol. The highest BCUT2D eigenvalue weighted by atomic mass is 35.5. The van der Waals surface area contributed by atoms with Crippen LogP contribution >= 0.6 is 24.8 Å². The molecule has 1 aromatic rings. The summed E-state index contributed by atoms with van der Waals surface area (Å²) in [5.41, 5.74) is -0.126. The number of aliphatic hydroxyl groups is 1. The monoisotopic (exact) mass is 416 g/mol. The Morgan fingerprint density at radius 1 is 1.19 bits per heavy atom. The largest absolute Gasteiger partial charge is 0.573 e. The van der Waals surface area contributed by atoms with E-state index in [9.17, 15) is 18.3 Å². The van der Waals surface area contributed by atoms with Crippen molar-refractivity contribution in [3.05, 3.63) is 29.8 Å². The van der Waals surface area contributed by atoms with Crippen LogP contribution in [0.15, 0.2) is 24.3 Å². The molecule has 0 spiro atoms. The minimum atomic E-state index is -4.71. The zero-order valence-electron chi connectivity index (χ0n) is 14.3. The molecule has 0 bridgehead atoms. The van der Waals surface area contributed by atoms with E-state index in [1.54, 1.807) is 12.1 Å². The smallest absolute Gasteiger partial charge is 0.406 e. The molecule has 1 saturated heterocycles. The number of piperazine rings is 1. The third kappa shape index (κ3) is 5.89. The summed E-state index contributed by atoms with van der Waals surface area (Å²) in [7, 11) is 0. The van der Waals surface area contributed by atoms with Gasteiger partial charge in [-0.25, -0.2) is 0 Å². The Kier molecular flexibility index (Phi) is 8.48. The number of nitrogens with one attached hydrogen (secondary N) is 1. The van der Waals surface area contributed by atoms with Crippen molar-refractivity contribution in [1.82, 2.24) is 10.2 Å². The first-order valence-corrected chi connectivity index (χ1v) is 8.37. The first-order chi connectivity index (χ1) is 11.4. The number of alkyl halides is 3. The van der Waals surface area contributed by atoms with E-state index < -0.39 is 12.0 Å². The van der Waals surface area contributed by atoms with Crippen LogP contribution < -0.4 is 10.1 Å². The lowest BCUT2D eigenvalue weighted by Crippen LogP contribution is -2.51. The fraction of sp³-hybridized carbons (Fsp3) is 0.647. The van der Waals surface area contributed by atoms with Gasteiger partial charge < -0.3 is 20.1 Å². The van der Waals surface area contributed by atoms with E-state index in [0.717, 1.165) is 32.6 Å². The normalized spacial score (nSPS) is 20.9. The van der Waals surface area contributed by atoms with Crippen LogP contribution in [0.3, 0.4) is 0 Å².